The largest absolute Gasteiger partial charge is 0.463 e. The molecule has 0 unspecified atom stereocenters. The van der Waals surface area contributed by atoms with Crippen LogP contribution in [0.2, 0.25) is 65.0 Å². The van der Waals surface area contributed by atoms with Gasteiger partial charge < -0.3 is 12.3 Å². The summed E-state index contributed by atoms with van der Waals surface area (Å²) in [6.45, 7) is 22.7. The molecule has 10 heteroatoms. The fraction of sp³-hybridized carbons (Fsp3) is 1.00. The molecule has 0 saturated heterocycles. The van der Waals surface area contributed by atoms with Crippen molar-refractivity contribution in [2.45, 2.75) is 78.3 Å². The Morgan fingerprint density at radius 3 is 1.09 bits per heavy atom. The second kappa shape index (κ2) is 9.19. The molecule has 0 N–H and O–H groups in total. The van der Waals surface area contributed by atoms with Crippen LogP contribution in [0.4, 0.5) is 0 Å². The van der Waals surface area contributed by atoms with E-state index in [-0.39, 0.29) is 29.3 Å². The number of hydrogen-bond donors (Lipinski definition) is 0. The van der Waals surface area contributed by atoms with Gasteiger partial charge in [0.05, 0.1) is 0 Å². The van der Waals surface area contributed by atoms with E-state index in [1.807, 2.05) is 0 Å². The third kappa shape index (κ3) is 4.52. The van der Waals surface area contributed by atoms with Crippen molar-refractivity contribution in [3.05, 3.63) is 0 Å². The first-order valence-electron chi connectivity index (χ1n) is 8.91. The first kappa shape index (κ1) is 23.4. The van der Waals surface area contributed by atoms with Crippen LogP contribution in [-0.2, 0) is 12.3 Å². The van der Waals surface area contributed by atoms with Crippen LogP contribution < -0.4 is 0 Å². The van der Waals surface area contributed by atoms with Crippen LogP contribution in [0.5, 0.6) is 0 Å². The minimum absolute atomic E-state index is 0.378. The molecule has 22 heavy (non-hydrogen) atoms. The van der Waals surface area contributed by atoms with Crippen LogP contribution >= 0.6 is 0 Å². The Hall–Kier alpha value is 1.40. The van der Waals surface area contributed by atoms with E-state index in [0.29, 0.717) is 0 Å². The number of hydrogen-bond acceptors (Lipinski definition) is 3. The van der Waals surface area contributed by atoms with Gasteiger partial charge in [-0.15, -0.1) is 0 Å². The molecule has 0 aromatic rings. The second-order valence-electron chi connectivity index (χ2n) is 7.49. The zero-order chi connectivity index (χ0) is 17.7. The zero-order valence-electron chi connectivity index (χ0n) is 16.8. The van der Waals surface area contributed by atoms with Crippen molar-refractivity contribution in [3.8, 4) is 0 Å². The second-order valence-corrected chi connectivity index (χ2v) is 47.1. The summed E-state index contributed by atoms with van der Waals surface area (Å²) in [4.78, 5) is 0. The first-order chi connectivity index (χ1) is 9.99. The summed E-state index contributed by atoms with van der Waals surface area (Å²) in [7, 11) is -6.33. The minimum Gasteiger partial charge on any atom is -0.463 e. The summed E-state index contributed by atoms with van der Waals surface area (Å²) in [5, 5.41) is 0. The molecule has 0 aliphatic carbocycles. The van der Waals surface area contributed by atoms with Gasteiger partial charge in [0.1, 0.15) is 35.9 Å². The van der Waals surface area contributed by atoms with Gasteiger partial charge in [-0.1, -0.05) is 39.0 Å². The van der Waals surface area contributed by atoms with Crippen molar-refractivity contribution < 1.29 is 12.3 Å². The summed E-state index contributed by atoms with van der Waals surface area (Å²) in [6, 6.07) is 1.38. The molecule has 0 spiro atoms. The maximum atomic E-state index is 6.69. The summed E-state index contributed by atoms with van der Waals surface area (Å²) in [5.74, 6) is 0. The van der Waals surface area contributed by atoms with E-state index in [1.54, 1.807) is 0 Å². The lowest BCUT2D eigenvalue weighted by molar-refractivity contribution is 0.591. The lowest BCUT2D eigenvalue weighted by Gasteiger charge is -2.58. The monoisotopic (exact) mass is 428 g/mol. The van der Waals surface area contributed by atoms with E-state index in [4.69, 9.17) is 12.3 Å². The molecule has 0 radical (unpaired) electrons. The van der Waals surface area contributed by atoms with E-state index in [0.717, 1.165) is 0 Å². The van der Waals surface area contributed by atoms with Crippen molar-refractivity contribution >= 4 is 59.4 Å². The lowest BCUT2D eigenvalue weighted by atomic mass is 10.6. The van der Waals surface area contributed by atoms with E-state index >= 15 is 0 Å². The third-order valence-electron chi connectivity index (χ3n) is 5.22. The van der Waals surface area contributed by atoms with Gasteiger partial charge >= 0.3 is 0 Å². The number of rotatable bonds is 11. The molecule has 0 heterocycles. The average molecular weight is 429 g/mol. The molecule has 0 aromatic carbocycles. The third-order valence-corrected chi connectivity index (χ3v) is 81.9. The maximum Gasteiger partial charge on any atom is 0.160 e. The summed E-state index contributed by atoms with van der Waals surface area (Å²) >= 11 is 0. The maximum absolute atomic E-state index is 6.69. The summed E-state index contributed by atoms with van der Waals surface area (Å²) < 4.78 is 20.1. The zero-order valence-corrected chi connectivity index (χ0v) is 25.0. The van der Waals surface area contributed by atoms with Crippen molar-refractivity contribution in [1.82, 2.24) is 0 Å². The SMILES string of the molecule is CCC[Si]([Si](C)(C)O[SiH2]C)([Si](C)(C)O[SiH2]C)[Si](C)(C)O[SiH2]C. The van der Waals surface area contributed by atoms with Gasteiger partial charge in [0.15, 0.2) is 23.5 Å². The smallest absolute Gasteiger partial charge is 0.160 e. The molecule has 0 saturated carbocycles. The first-order valence-corrected chi connectivity index (χ1v) is 28.8. The Labute approximate surface area is 149 Å². The van der Waals surface area contributed by atoms with Gasteiger partial charge in [-0.3, -0.25) is 0 Å². The van der Waals surface area contributed by atoms with Gasteiger partial charge in [-0.2, -0.15) is 0 Å². The van der Waals surface area contributed by atoms with Gasteiger partial charge in [-0.05, 0) is 39.3 Å². The van der Waals surface area contributed by atoms with Crippen molar-refractivity contribution in [3.63, 3.8) is 0 Å². The fourth-order valence-corrected chi connectivity index (χ4v) is 106. The fourth-order valence-electron chi connectivity index (χ4n) is 4.91. The summed E-state index contributed by atoms with van der Waals surface area (Å²) in [5.41, 5.74) is 0. The standard InChI is InChI=1S/C12H40O3Si7/c1-11-12-22(19(5,6)13-16-2,20(7,8)14-17-3)21(9,10)15-18-4/h11-12,16-18H2,1-10H3. The molecular weight excluding hydrogens is 389 g/mol. The molecule has 0 atom stereocenters. The predicted molar refractivity (Wildman–Crippen MR) is 120 cm³/mol. The molecule has 3 nitrogen and oxygen atoms in total. The lowest BCUT2D eigenvalue weighted by Crippen LogP contribution is -2.87. The molecule has 0 bridgehead atoms. The highest BCUT2D eigenvalue weighted by Crippen LogP contribution is 2.41. The van der Waals surface area contributed by atoms with Gasteiger partial charge in [0.2, 0.25) is 0 Å². The molecule has 0 fully saturated rings. The Morgan fingerprint density at radius 2 is 0.909 bits per heavy atom. The highest BCUT2D eigenvalue weighted by molar-refractivity contribution is 7.87. The van der Waals surface area contributed by atoms with Gasteiger partial charge in [-0.25, -0.2) is 0 Å². The van der Waals surface area contributed by atoms with E-state index in [9.17, 15) is 0 Å². The highest BCUT2D eigenvalue weighted by atomic mass is 29.9. The van der Waals surface area contributed by atoms with E-state index in [1.165, 1.54) is 12.5 Å². The van der Waals surface area contributed by atoms with E-state index in [2.05, 4.69) is 65.8 Å². The molecule has 134 valence electrons. The molecule has 0 rings (SSSR count). The topological polar surface area (TPSA) is 27.7 Å². The Kier molecular flexibility index (Phi) is 9.78. The molecular formula is C12H40O3Si7. The Balaban J connectivity index is 6.31. The Morgan fingerprint density at radius 1 is 0.636 bits per heavy atom. The van der Waals surface area contributed by atoms with Crippen molar-refractivity contribution in [2.24, 2.45) is 0 Å². The average Bonchev–Trinajstić information content (AvgIpc) is 2.34. The van der Waals surface area contributed by atoms with Crippen LogP contribution in [0, 0.1) is 0 Å². The molecule has 0 amide bonds. The normalized spacial score (nSPS) is 18.3. The van der Waals surface area contributed by atoms with Crippen LogP contribution in [0.25, 0.3) is 0 Å². The molecule has 0 aliphatic rings. The van der Waals surface area contributed by atoms with Crippen LogP contribution in [0.3, 0.4) is 0 Å². The molecule has 0 aromatic heterocycles. The van der Waals surface area contributed by atoms with Crippen LogP contribution in [-0.4, -0.2) is 59.4 Å². The molecule has 0 aliphatic heterocycles. The van der Waals surface area contributed by atoms with Crippen molar-refractivity contribution in [1.29, 1.82) is 0 Å². The quantitative estimate of drug-likeness (QED) is 0.472. The Bertz CT molecular complexity index is 291. The van der Waals surface area contributed by atoms with Gasteiger partial charge in [0.25, 0.3) is 0 Å². The van der Waals surface area contributed by atoms with Crippen LogP contribution in [0.15, 0.2) is 0 Å². The van der Waals surface area contributed by atoms with Crippen LogP contribution in [0.1, 0.15) is 13.3 Å². The van der Waals surface area contributed by atoms with Gasteiger partial charge in [0, 0.05) is 0 Å². The predicted octanol–water partition coefficient (Wildman–Crippen LogP) is 2.14. The van der Waals surface area contributed by atoms with Crippen molar-refractivity contribution in [2.75, 3.05) is 0 Å². The minimum atomic E-state index is -1.73. The summed E-state index contributed by atoms with van der Waals surface area (Å²) in [6.07, 6.45) is 1.27. The highest BCUT2D eigenvalue weighted by Gasteiger charge is 2.69. The van der Waals surface area contributed by atoms with E-state index < -0.39 is 30.1 Å².